The van der Waals surface area contributed by atoms with Crippen LogP contribution in [0, 0.1) is 13.8 Å². The number of carbonyl (C=O) groups is 1. The van der Waals surface area contributed by atoms with Gasteiger partial charge < -0.3 is 15.6 Å². The van der Waals surface area contributed by atoms with Crippen molar-refractivity contribution in [1.29, 1.82) is 0 Å². The summed E-state index contributed by atoms with van der Waals surface area (Å²) < 4.78 is 0. The van der Waals surface area contributed by atoms with Crippen LogP contribution in [-0.2, 0) is 6.54 Å². The van der Waals surface area contributed by atoms with Crippen LogP contribution in [-0.4, -0.2) is 16.6 Å². The summed E-state index contributed by atoms with van der Waals surface area (Å²) in [4.78, 5) is 14.7. The number of aromatic amines is 1. The number of aromatic nitrogens is 1. The fourth-order valence-corrected chi connectivity index (χ4v) is 1.53. The molecule has 2 amide bonds. The van der Waals surface area contributed by atoms with Crippen molar-refractivity contribution in [2.24, 2.45) is 0 Å². The van der Waals surface area contributed by atoms with Gasteiger partial charge in [-0.05, 0) is 46.2 Å². The first-order valence-corrected chi connectivity index (χ1v) is 5.49. The molecule has 0 bridgehead atoms. The Bertz CT molecular complexity index is 374. The number of urea groups is 1. The van der Waals surface area contributed by atoms with Gasteiger partial charge in [0.15, 0.2) is 0 Å². The van der Waals surface area contributed by atoms with E-state index in [2.05, 4.69) is 15.6 Å². The summed E-state index contributed by atoms with van der Waals surface area (Å²) in [5.74, 6) is 0. The van der Waals surface area contributed by atoms with Crippen molar-refractivity contribution < 1.29 is 4.79 Å². The summed E-state index contributed by atoms with van der Waals surface area (Å²) in [6, 6.07) is 1.91. The number of aryl methyl sites for hydroxylation is 2. The molecular weight excluding hydrogens is 202 g/mol. The van der Waals surface area contributed by atoms with Gasteiger partial charge in [0.2, 0.25) is 0 Å². The Balaban J connectivity index is 2.46. The van der Waals surface area contributed by atoms with Gasteiger partial charge in [-0.3, -0.25) is 0 Å². The van der Waals surface area contributed by atoms with Crippen molar-refractivity contribution in [1.82, 2.24) is 15.6 Å². The molecule has 4 heteroatoms. The highest BCUT2D eigenvalue weighted by molar-refractivity contribution is 5.74. The summed E-state index contributed by atoms with van der Waals surface area (Å²) in [6.45, 7) is 10.4. The van der Waals surface area contributed by atoms with Crippen LogP contribution < -0.4 is 10.6 Å². The molecule has 1 aromatic rings. The first-order chi connectivity index (χ1) is 7.28. The molecule has 0 aliphatic heterocycles. The highest BCUT2D eigenvalue weighted by Crippen LogP contribution is 2.08. The normalized spacial score (nSPS) is 11.3. The SMILES string of the molecule is Cc1cc(CNC(=O)NC(C)(C)C)c(C)[nH]1. The molecule has 0 saturated heterocycles. The van der Waals surface area contributed by atoms with E-state index in [4.69, 9.17) is 0 Å². The topological polar surface area (TPSA) is 56.9 Å². The number of nitrogens with one attached hydrogen (secondary N) is 3. The first kappa shape index (κ1) is 12.6. The zero-order chi connectivity index (χ0) is 12.3. The maximum Gasteiger partial charge on any atom is 0.315 e. The van der Waals surface area contributed by atoms with Gasteiger partial charge in [-0.25, -0.2) is 4.79 Å². The molecule has 0 spiro atoms. The minimum absolute atomic E-state index is 0.134. The summed E-state index contributed by atoms with van der Waals surface area (Å²) in [5, 5.41) is 5.70. The second-order valence-electron chi connectivity index (χ2n) is 5.16. The van der Waals surface area contributed by atoms with Crippen molar-refractivity contribution in [3.05, 3.63) is 23.0 Å². The molecule has 1 heterocycles. The minimum Gasteiger partial charge on any atom is -0.362 e. The van der Waals surface area contributed by atoms with E-state index in [1.165, 1.54) is 0 Å². The third-order valence-corrected chi connectivity index (χ3v) is 2.19. The predicted molar refractivity (Wildman–Crippen MR) is 65.4 cm³/mol. The Morgan fingerprint density at radius 2 is 2.00 bits per heavy atom. The highest BCUT2D eigenvalue weighted by Gasteiger charge is 2.13. The second-order valence-corrected chi connectivity index (χ2v) is 5.16. The number of rotatable bonds is 2. The average molecular weight is 223 g/mol. The first-order valence-electron chi connectivity index (χ1n) is 5.49. The number of hydrogen-bond donors (Lipinski definition) is 3. The van der Waals surface area contributed by atoms with Crippen molar-refractivity contribution in [2.75, 3.05) is 0 Å². The summed E-state index contributed by atoms with van der Waals surface area (Å²) >= 11 is 0. The maximum atomic E-state index is 11.5. The Hall–Kier alpha value is -1.45. The van der Waals surface area contributed by atoms with E-state index in [-0.39, 0.29) is 11.6 Å². The van der Waals surface area contributed by atoms with Crippen LogP contribution in [0.5, 0.6) is 0 Å². The van der Waals surface area contributed by atoms with E-state index in [9.17, 15) is 4.79 Å². The molecule has 0 radical (unpaired) electrons. The van der Waals surface area contributed by atoms with Crippen LogP contribution in [0.4, 0.5) is 4.79 Å². The minimum atomic E-state index is -0.201. The fraction of sp³-hybridized carbons (Fsp3) is 0.583. The van der Waals surface area contributed by atoms with Gasteiger partial charge in [0.1, 0.15) is 0 Å². The van der Waals surface area contributed by atoms with Gasteiger partial charge in [0, 0.05) is 23.5 Å². The van der Waals surface area contributed by atoms with Gasteiger partial charge in [0.25, 0.3) is 0 Å². The highest BCUT2D eigenvalue weighted by atomic mass is 16.2. The molecule has 0 aliphatic rings. The molecule has 0 saturated carbocycles. The van der Waals surface area contributed by atoms with Crippen molar-refractivity contribution >= 4 is 6.03 Å². The lowest BCUT2D eigenvalue weighted by molar-refractivity contribution is 0.231. The lowest BCUT2D eigenvalue weighted by Gasteiger charge is -2.20. The van der Waals surface area contributed by atoms with Gasteiger partial charge in [-0.1, -0.05) is 0 Å². The maximum absolute atomic E-state index is 11.5. The van der Waals surface area contributed by atoms with Crippen LogP contribution >= 0.6 is 0 Å². The van der Waals surface area contributed by atoms with E-state index < -0.39 is 0 Å². The standard InChI is InChI=1S/C12H21N3O/c1-8-6-10(9(2)14-8)7-13-11(16)15-12(3,4)5/h6,14H,7H2,1-5H3,(H2,13,15,16). The zero-order valence-electron chi connectivity index (χ0n) is 10.7. The van der Waals surface area contributed by atoms with Crippen molar-refractivity contribution in [2.45, 2.75) is 46.7 Å². The number of amides is 2. The van der Waals surface area contributed by atoms with E-state index >= 15 is 0 Å². The largest absolute Gasteiger partial charge is 0.362 e. The molecule has 4 nitrogen and oxygen atoms in total. The molecule has 0 aliphatic carbocycles. The lowest BCUT2D eigenvalue weighted by Crippen LogP contribution is -2.46. The van der Waals surface area contributed by atoms with E-state index in [0.717, 1.165) is 17.0 Å². The number of H-pyrrole nitrogens is 1. The van der Waals surface area contributed by atoms with Crippen LogP contribution in [0.25, 0.3) is 0 Å². The van der Waals surface area contributed by atoms with Gasteiger partial charge in [0.05, 0.1) is 0 Å². The van der Waals surface area contributed by atoms with Crippen molar-refractivity contribution in [3.63, 3.8) is 0 Å². The Kier molecular flexibility index (Phi) is 3.62. The van der Waals surface area contributed by atoms with Crippen LogP contribution in [0.3, 0.4) is 0 Å². The van der Waals surface area contributed by atoms with Gasteiger partial charge in [-0.2, -0.15) is 0 Å². The summed E-state index contributed by atoms with van der Waals surface area (Å²) in [5.41, 5.74) is 3.15. The fourth-order valence-electron chi connectivity index (χ4n) is 1.53. The molecule has 1 rings (SSSR count). The molecule has 90 valence electrons. The smallest absolute Gasteiger partial charge is 0.315 e. The molecular formula is C12H21N3O. The molecule has 0 aromatic carbocycles. The Morgan fingerprint density at radius 1 is 1.38 bits per heavy atom. The number of carbonyl (C=O) groups excluding carboxylic acids is 1. The van der Waals surface area contributed by atoms with E-state index in [0.29, 0.717) is 6.54 Å². The molecule has 16 heavy (non-hydrogen) atoms. The lowest BCUT2D eigenvalue weighted by atomic mass is 10.1. The van der Waals surface area contributed by atoms with Crippen LogP contribution in [0.2, 0.25) is 0 Å². The molecule has 0 unspecified atom stereocenters. The Morgan fingerprint density at radius 3 is 2.44 bits per heavy atom. The predicted octanol–water partition coefficient (Wildman–Crippen LogP) is 2.23. The zero-order valence-corrected chi connectivity index (χ0v) is 10.7. The quantitative estimate of drug-likeness (QED) is 0.707. The van der Waals surface area contributed by atoms with Crippen LogP contribution in [0.15, 0.2) is 6.07 Å². The average Bonchev–Trinajstić information content (AvgIpc) is 2.38. The third-order valence-electron chi connectivity index (χ3n) is 2.19. The molecule has 3 N–H and O–H groups in total. The molecule has 1 aromatic heterocycles. The van der Waals surface area contributed by atoms with Crippen LogP contribution in [0.1, 0.15) is 37.7 Å². The number of hydrogen-bond acceptors (Lipinski definition) is 1. The Labute approximate surface area is 96.8 Å². The monoisotopic (exact) mass is 223 g/mol. The second kappa shape index (κ2) is 4.60. The summed E-state index contributed by atoms with van der Waals surface area (Å²) in [6.07, 6.45) is 0. The van der Waals surface area contributed by atoms with E-state index in [1.807, 2.05) is 40.7 Å². The molecule has 0 atom stereocenters. The van der Waals surface area contributed by atoms with Crippen molar-refractivity contribution in [3.8, 4) is 0 Å². The third kappa shape index (κ3) is 3.96. The van der Waals surface area contributed by atoms with Gasteiger partial charge >= 0.3 is 6.03 Å². The van der Waals surface area contributed by atoms with Gasteiger partial charge in [-0.15, -0.1) is 0 Å². The molecule has 0 fully saturated rings. The summed E-state index contributed by atoms with van der Waals surface area (Å²) in [7, 11) is 0. The van der Waals surface area contributed by atoms with E-state index in [1.54, 1.807) is 0 Å².